The highest BCUT2D eigenvalue weighted by Crippen LogP contribution is 1.98. The largest absolute Gasteiger partial charge is 0.461 e. The van der Waals surface area contributed by atoms with E-state index in [9.17, 15) is 4.79 Å². The van der Waals surface area contributed by atoms with Gasteiger partial charge in [-0.1, -0.05) is 20.4 Å². The molecular formula is C12H24N2O2. The van der Waals surface area contributed by atoms with Crippen molar-refractivity contribution in [3.05, 3.63) is 12.2 Å². The van der Waals surface area contributed by atoms with Gasteiger partial charge in [0.15, 0.2) is 0 Å². The first kappa shape index (κ1) is 15.1. The maximum absolute atomic E-state index is 11.1. The highest BCUT2D eigenvalue weighted by atomic mass is 16.5. The van der Waals surface area contributed by atoms with Crippen LogP contribution in [0.1, 0.15) is 27.2 Å². The van der Waals surface area contributed by atoms with Crippen LogP contribution in [-0.2, 0) is 9.53 Å². The van der Waals surface area contributed by atoms with Crippen LogP contribution >= 0.6 is 0 Å². The Morgan fingerprint density at radius 2 is 2.00 bits per heavy atom. The number of nitrogens with zero attached hydrogens (tertiary/aromatic N) is 1. The monoisotopic (exact) mass is 228 g/mol. The van der Waals surface area contributed by atoms with Crippen LogP contribution in [0.3, 0.4) is 0 Å². The summed E-state index contributed by atoms with van der Waals surface area (Å²) in [4.78, 5) is 13.4. The van der Waals surface area contributed by atoms with E-state index in [4.69, 9.17) is 10.5 Å². The van der Waals surface area contributed by atoms with E-state index >= 15 is 0 Å². The molecule has 0 bridgehead atoms. The van der Waals surface area contributed by atoms with Crippen molar-refractivity contribution >= 4 is 5.97 Å². The molecule has 0 aliphatic heterocycles. The number of esters is 1. The summed E-state index contributed by atoms with van der Waals surface area (Å²) in [6, 6.07) is -0.0936. The molecule has 0 aliphatic carbocycles. The van der Waals surface area contributed by atoms with Gasteiger partial charge in [0, 0.05) is 11.6 Å². The van der Waals surface area contributed by atoms with Crippen LogP contribution in [-0.4, -0.2) is 43.2 Å². The Labute approximate surface area is 98.4 Å². The first-order valence-electron chi connectivity index (χ1n) is 5.81. The molecule has 0 aliphatic rings. The van der Waals surface area contributed by atoms with Crippen molar-refractivity contribution < 1.29 is 9.53 Å². The molecule has 0 saturated heterocycles. The molecule has 0 radical (unpaired) electrons. The van der Waals surface area contributed by atoms with Crippen LogP contribution in [0.2, 0.25) is 0 Å². The van der Waals surface area contributed by atoms with E-state index in [-0.39, 0.29) is 18.6 Å². The van der Waals surface area contributed by atoms with Crippen molar-refractivity contribution in [1.29, 1.82) is 0 Å². The fourth-order valence-corrected chi connectivity index (χ4v) is 1.28. The zero-order valence-electron chi connectivity index (χ0n) is 10.7. The van der Waals surface area contributed by atoms with Gasteiger partial charge in [-0.2, -0.15) is 0 Å². The number of carbonyl (C=O) groups is 1. The van der Waals surface area contributed by atoms with E-state index in [2.05, 4.69) is 25.3 Å². The molecule has 94 valence electrons. The van der Waals surface area contributed by atoms with Crippen molar-refractivity contribution in [2.24, 2.45) is 5.73 Å². The summed E-state index contributed by atoms with van der Waals surface area (Å²) >= 11 is 0. The fourth-order valence-electron chi connectivity index (χ4n) is 1.28. The zero-order valence-corrected chi connectivity index (χ0v) is 10.7. The van der Waals surface area contributed by atoms with Gasteiger partial charge < -0.3 is 15.4 Å². The summed E-state index contributed by atoms with van der Waals surface area (Å²) in [6.45, 7) is 12.6. The highest BCUT2D eigenvalue weighted by molar-refractivity contribution is 5.86. The third-order valence-electron chi connectivity index (χ3n) is 2.49. The van der Waals surface area contributed by atoms with Crippen LogP contribution < -0.4 is 5.73 Å². The molecule has 16 heavy (non-hydrogen) atoms. The smallest absolute Gasteiger partial charge is 0.333 e. The fraction of sp³-hybridized carbons (Fsp3) is 0.750. The van der Waals surface area contributed by atoms with Gasteiger partial charge >= 0.3 is 5.97 Å². The van der Waals surface area contributed by atoms with Crippen LogP contribution in [0.25, 0.3) is 0 Å². The first-order chi connectivity index (χ1) is 7.51. The third-order valence-corrected chi connectivity index (χ3v) is 2.49. The van der Waals surface area contributed by atoms with Crippen molar-refractivity contribution in [2.75, 3.05) is 26.2 Å². The van der Waals surface area contributed by atoms with Crippen LogP contribution in [0.4, 0.5) is 0 Å². The summed E-state index contributed by atoms with van der Waals surface area (Å²) in [6.07, 6.45) is 0.838. The molecule has 0 heterocycles. The average Bonchev–Trinajstić information content (AvgIpc) is 2.27. The highest BCUT2D eigenvalue weighted by Gasteiger charge is 2.09. The molecule has 0 amide bonds. The quantitative estimate of drug-likeness (QED) is 0.500. The predicted molar refractivity (Wildman–Crippen MR) is 66.2 cm³/mol. The van der Waals surface area contributed by atoms with E-state index in [1.165, 1.54) is 0 Å². The molecule has 0 spiro atoms. The first-order valence-corrected chi connectivity index (χ1v) is 5.81. The molecule has 4 nitrogen and oxygen atoms in total. The molecule has 0 aromatic carbocycles. The standard InChI is InChI=1S/C12H24N2O2/c1-5-14(6-2)8-7-11(13)9-16-12(15)10(3)4/h11H,3,5-9,13H2,1-2,4H3. The summed E-state index contributed by atoms with van der Waals surface area (Å²) in [5, 5.41) is 0. The van der Waals surface area contributed by atoms with Gasteiger partial charge in [0.2, 0.25) is 0 Å². The van der Waals surface area contributed by atoms with Gasteiger partial charge in [0.1, 0.15) is 6.61 Å². The zero-order chi connectivity index (χ0) is 12.6. The Hall–Kier alpha value is -0.870. The molecule has 0 aromatic rings. The average molecular weight is 228 g/mol. The molecular weight excluding hydrogens is 204 g/mol. The second-order valence-corrected chi connectivity index (χ2v) is 3.95. The number of hydrogen-bond donors (Lipinski definition) is 1. The van der Waals surface area contributed by atoms with Gasteiger partial charge in [0.05, 0.1) is 0 Å². The van der Waals surface area contributed by atoms with Crippen molar-refractivity contribution in [1.82, 2.24) is 4.90 Å². The molecule has 0 rings (SSSR count). The molecule has 0 aromatic heterocycles. The minimum absolute atomic E-state index is 0.0936. The molecule has 0 fully saturated rings. The Balaban J connectivity index is 3.70. The predicted octanol–water partition coefficient (Wildman–Crippen LogP) is 1.16. The maximum atomic E-state index is 11.1. The second kappa shape index (κ2) is 8.30. The van der Waals surface area contributed by atoms with Crippen molar-refractivity contribution in [3.8, 4) is 0 Å². The van der Waals surface area contributed by atoms with Gasteiger partial charge in [-0.15, -0.1) is 0 Å². The second-order valence-electron chi connectivity index (χ2n) is 3.95. The minimum atomic E-state index is -0.363. The summed E-state index contributed by atoms with van der Waals surface area (Å²) < 4.78 is 4.98. The molecule has 0 saturated carbocycles. The van der Waals surface area contributed by atoms with Crippen LogP contribution in [0.5, 0.6) is 0 Å². The number of nitrogens with two attached hydrogens (primary N) is 1. The number of rotatable bonds is 8. The number of ether oxygens (including phenoxy) is 1. The Kier molecular flexibility index (Phi) is 7.85. The Bertz CT molecular complexity index is 225. The lowest BCUT2D eigenvalue weighted by Gasteiger charge is -2.20. The lowest BCUT2D eigenvalue weighted by molar-refractivity contribution is -0.139. The van der Waals surface area contributed by atoms with Crippen LogP contribution in [0, 0.1) is 0 Å². The molecule has 2 N–H and O–H groups in total. The van der Waals surface area contributed by atoms with E-state index in [1.54, 1.807) is 6.92 Å². The van der Waals surface area contributed by atoms with Gasteiger partial charge in [-0.3, -0.25) is 0 Å². The SMILES string of the molecule is C=C(C)C(=O)OCC(N)CCN(CC)CC. The molecule has 4 heteroatoms. The summed E-state index contributed by atoms with van der Waals surface area (Å²) in [5.41, 5.74) is 6.26. The maximum Gasteiger partial charge on any atom is 0.333 e. The molecule has 1 unspecified atom stereocenters. The van der Waals surface area contributed by atoms with Crippen molar-refractivity contribution in [3.63, 3.8) is 0 Å². The van der Waals surface area contributed by atoms with Crippen molar-refractivity contribution in [2.45, 2.75) is 33.2 Å². The Morgan fingerprint density at radius 1 is 1.44 bits per heavy atom. The topological polar surface area (TPSA) is 55.6 Å². The number of carbonyl (C=O) groups excluding carboxylic acids is 1. The lowest BCUT2D eigenvalue weighted by atomic mass is 10.2. The molecule has 1 atom stereocenters. The third kappa shape index (κ3) is 6.58. The van der Waals surface area contributed by atoms with Gasteiger partial charge in [-0.05, 0) is 33.0 Å². The van der Waals surface area contributed by atoms with E-state index in [1.807, 2.05) is 0 Å². The van der Waals surface area contributed by atoms with E-state index in [0.29, 0.717) is 5.57 Å². The van der Waals surface area contributed by atoms with E-state index in [0.717, 1.165) is 26.1 Å². The Morgan fingerprint density at radius 3 is 2.44 bits per heavy atom. The summed E-state index contributed by atoms with van der Waals surface area (Å²) in [5.74, 6) is -0.363. The number of hydrogen-bond acceptors (Lipinski definition) is 4. The lowest BCUT2D eigenvalue weighted by Crippen LogP contribution is -2.34. The minimum Gasteiger partial charge on any atom is -0.461 e. The van der Waals surface area contributed by atoms with E-state index < -0.39 is 0 Å². The van der Waals surface area contributed by atoms with Crippen LogP contribution in [0.15, 0.2) is 12.2 Å². The normalized spacial score (nSPS) is 12.6. The van der Waals surface area contributed by atoms with Gasteiger partial charge in [0.25, 0.3) is 0 Å². The summed E-state index contributed by atoms with van der Waals surface area (Å²) in [7, 11) is 0. The van der Waals surface area contributed by atoms with Gasteiger partial charge in [-0.25, -0.2) is 4.79 Å².